The quantitative estimate of drug-likeness (QED) is 0.887. The number of piperidine rings is 1. The molecule has 0 radical (unpaired) electrons. The molecule has 0 saturated carbocycles. The third-order valence-corrected chi connectivity index (χ3v) is 5.24. The van der Waals surface area contributed by atoms with E-state index in [-0.39, 0.29) is 12.0 Å². The van der Waals surface area contributed by atoms with E-state index < -0.39 is 0 Å². The molecule has 1 aliphatic rings. The lowest BCUT2D eigenvalue weighted by Gasteiger charge is -2.37. The lowest BCUT2D eigenvalue weighted by Crippen LogP contribution is -2.41. The molecule has 1 aromatic heterocycles. The summed E-state index contributed by atoms with van der Waals surface area (Å²) in [5.74, 6) is 0.565. The molecule has 0 spiro atoms. The largest absolute Gasteiger partial charge is 0.394 e. The SMILES string of the molecule is CC(C)(CN1CCC(c2ccnn2CCO)CC1)c1ccccc1. The average Bonchev–Trinajstić information content (AvgIpc) is 3.05. The highest BCUT2D eigenvalue weighted by Gasteiger charge is 2.28. The molecule has 2 aromatic rings. The number of hydrogen-bond acceptors (Lipinski definition) is 3. The van der Waals surface area contributed by atoms with Crippen molar-refractivity contribution in [2.75, 3.05) is 26.2 Å². The molecule has 0 unspecified atom stereocenters. The average molecular weight is 327 g/mol. The molecule has 0 amide bonds. The van der Waals surface area contributed by atoms with Crippen molar-refractivity contribution >= 4 is 0 Å². The summed E-state index contributed by atoms with van der Waals surface area (Å²) < 4.78 is 1.97. The summed E-state index contributed by atoms with van der Waals surface area (Å²) in [5, 5.41) is 13.5. The number of benzene rings is 1. The number of nitrogens with zero attached hydrogens (tertiary/aromatic N) is 3. The van der Waals surface area contributed by atoms with Gasteiger partial charge in [0.05, 0.1) is 13.2 Å². The molecule has 130 valence electrons. The van der Waals surface area contributed by atoms with Gasteiger partial charge in [-0.25, -0.2) is 0 Å². The fraction of sp³-hybridized carbons (Fsp3) is 0.550. The Hall–Kier alpha value is -1.65. The van der Waals surface area contributed by atoms with E-state index in [1.165, 1.54) is 24.1 Å². The van der Waals surface area contributed by atoms with Crippen molar-refractivity contribution < 1.29 is 5.11 Å². The molecule has 1 aliphatic heterocycles. The Morgan fingerprint density at radius 3 is 2.50 bits per heavy atom. The lowest BCUT2D eigenvalue weighted by molar-refractivity contribution is 0.174. The van der Waals surface area contributed by atoms with Crippen LogP contribution in [-0.4, -0.2) is 46.0 Å². The molecular formula is C20H29N3O. The molecule has 1 saturated heterocycles. The summed E-state index contributed by atoms with van der Waals surface area (Å²) in [4.78, 5) is 2.59. The predicted octanol–water partition coefficient (Wildman–Crippen LogP) is 3.03. The lowest BCUT2D eigenvalue weighted by atomic mass is 9.83. The fourth-order valence-electron chi connectivity index (χ4n) is 3.90. The van der Waals surface area contributed by atoms with Gasteiger partial charge in [-0.3, -0.25) is 4.68 Å². The first-order valence-corrected chi connectivity index (χ1v) is 9.00. The molecular weight excluding hydrogens is 298 g/mol. The summed E-state index contributed by atoms with van der Waals surface area (Å²) >= 11 is 0. The van der Waals surface area contributed by atoms with Gasteiger partial charge in [0.2, 0.25) is 0 Å². The van der Waals surface area contributed by atoms with Crippen molar-refractivity contribution in [3.63, 3.8) is 0 Å². The number of aliphatic hydroxyl groups excluding tert-OH is 1. The summed E-state index contributed by atoms with van der Waals surface area (Å²) in [6, 6.07) is 12.9. The first-order valence-electron chi connectivity index (χ1n) is 9.00. The fourth-order valence-corrected chi connectivity index (χ4v) is 3.90. The Labute approximate surface area is 145 Å². The Morgan fingerprint density at radius 1 is 1.12 bits per heavy atom. The third-order valence-electron chi connectivity index (χ3n) is 5.24. The number of hydrogen-bond donors (Lipinski definition) is 1. The van der Waals surface area contributed by atoms with Crippen LogP contribution < -0.4 is 0 Å². The van der Waals surface area contributed by atoms with E-state index in [0.29, 0.717) is 12.5 Å². The zero-order valence-electron chi connectivity index (χ0n) is 14.9. The first-order chi connectivity index (χ1) is 11.6. The number of likely N-dealkylation sites (tertiary alicyclic amines) is 1. The number of aliphatic hydroxyl groups is 1. The molecule has 4 heteroatoms. The van der Waals surface area contributed by atoms with E-state index in [1.54, 1.807) is 0 Å². The maximum absolute atomic E-state index is 9.17. The second-order valence-electron chi connectivity index (χ2n) is 7.50. The smallest absolute Gasteiger partial charge is 0.0644 e. The minimum atomic E-state index is 0.152. The van der Waals surface area contributed by atoms with Crippen molar-refractivity contribution in [1.29, 1.82) is 0 Å². The highest BCUT2D eigenvalue weighted by Crippen LogP contribution is 2.31. The van der Waals surface area contributed by atoms with Gasteiger partial charge in [-0.2, -0.15) is 5.10 Å². The summed E-state index contributed by atoms with van der Waals surface area (Å²) in [7, 11) is 0. The number of aromatic nitrogens is 2. The van der Waals surface area contributed by atoms with E-state index in [2.05, 4.69) is 60.2 Å². The van der Waals surface area contributed by atoms with Crippen LogP contribution in [-0.2, 0) is 12.0 Å². The van der Waals surface area contributed by atoms with Gasteiger partial charge in [0.1, 0.15) is 0 Å². The molecule has 2 heterocycles. The highest BCUT2D eigenvalue weighted by atomic mass is 16.3. The summed E-state index contributed by atoms with van der Waals surface area (Å²) in [5.41, 5.74) is 2.87. The molecule has 0 atom stereocenters. The van der Waals surface area contributed by atoms with E-state index in [4.69, 9.17) is 5.11 Å². The number of rotatable bonds is 6. The van der Waals surface area contributed by atoms with Gasteiger partial charge in [-0.15, -0.1) is 0 Å². The molecule has 0 aliphatic carbocycles. The van der Waals surface area contributed by atoms with Crippen LogP contribution in [0.5, 0.6) is 0 Å². The molecule has 1 fully saturated rings. The molecule has 1 aromatic carbocycles. The Balaban J connectivity index is 1.58. The van der Waals surface area contributed by atoms with Crippen LogP contribution in [0.2, 0.25) is 0 Å². The Kier molecular flexibility index (Phi) is 5.36. The standard InChI is InChI=1S/C20H29N3O/c1-20(2,18-6-4-3-5-7-18)16-22-12-9-17(10-13-22)19-8-11-21-23(19)14-15-24/h3-8,11,17,24H,9-10,12-16H2,1-2H3. The minimum absolute atomic E-state index is 0.152. The van der Waals surface area contributed by atoms with Crippen molar-refractivity contribution in [2.45, 2.75) is 44.6 Å². The van der Waals surface area contributed by atoms with Gasteiger partial charge in [-0.05, 0) is 37.6 Å². The maximum atomic E-state index is 9.17. The molecule has 24 heavy (non-hydrogen) atoms. The molecule has 0 bridgehead atoms. The van der Waals surface area contributed by atoms with Gasteiger partial charge in [0, 0.05) is 29.8 Å². The summed E-state index contributed by atoms with van der Waals surface area (Å²) in [6.07, 6.45) is 4.19. The summed E-state index contributed by atoms with van der Waals surface area (Å²) in [6.45, 7) is 8.79. The normalized spacial score (nSPS) is 17.3. The van der Waals surface area contributed by atoms with Gasteiger partial charge >= 0.3 is 0 Å². The van der Waals surface area contributed by atoms with Crippen molar-refractivity contribution in [3.05, 3.63) is 53.9 Å². The van der Waals surface area contributed by atoms with Crippen LogP contribution in [0.4, 0.5) is 0 Å². The van der Waals surface area contributed by atoms with E-state index in [1.807, 2.05) is 10.9 Å². The zero-order chi connectivity index (χ0) is 17.0. The Morgan fingerprint density at radius 2 is 1.83 bits per heavy atom. The van der Waals surface area contributed by atoms with Crippen molar-refractivity contribution in [1.82, 2.24) is 14.7 Å². The van der Waals surface area contributed by atoms with Crippen LogP contribution in [0.25, 0.3) is 0 Å². The first kappa shape index (κ1) is 17.2. The van der Waals surface area contributed by atoms with Crippen LogP contribution in [0.15, 0.2) is 42.6 Å². The van der Waals surface area contributed by atoms with Crippen LogP contribution in [0.3, 0.4) is 0 Å². The van der Waals surface area contributed by atoms with Gasteiger partial charge in [-0.1, -0.05) is 44.2 Å². The topological polar surface area (TPSA) is 41.3 Å². The second-order valence-corrected chi connectivity index (χ2v) is 7.50. The Bertz CT molecular complexity index is 627. The predicted molar refractivity (Wildman–Crippen MR) is 97.2 cm³/mol. The van der Waals surface area contributed by atoms with Crippen molar-refractivity contribution in [2.24, 2.45) is 0 Å². The van der Waals surface area contributed by atoms with E-state index in [9.17, 15) is 0 Å². The van der Waals surface area contributed by atoms with Crippen molar-refractivity contribution in [3.8, 4) is 0 Å². The van der Waals surface area contributed by atoms with Gasteiger partial charge in [0.15, 0.2) is 0 Å². The minimum Gasteiger partial charge on any atom is -0.394 e. The van der Waals surface area contributed by atoms with Crippen LogP contribution in [0.1, 0.15) is 43.9 Å². The third kappa shape index (κ3) is 3.87. The van der Waals surface area contributed by atoms with Crippen LogP contribution >= 0.6 is 0 Å². The van der Waals surface area contributed by atoms with E-state index >= 15 is 0 Å². The van der Waals surface area contributed by atoms with E-state index in [0.717, 1.165) is 19.6 Å². The maximum Gasteiger partial charge on any atom is 0.0644 e. The molecule has 4 nitrogen and oxygen atoms in total. The second kappa shape index (κ2) is 7.49. The van der Waals surface area contributed by atoms with Gasteiger partial charge in [0.25, 0.3) is 0 Å². The monoisotopic (exact) mass is 327 g/mol. The zero-order valence-corrected chi connectivity index (χ0v) is 14.9. The molecule has 3 rings (SSSR count). The van der Waals surface area contributed by atoms with Gasteiger partial charge < -0.3 is 10.0 Å². The highest BCUT2D eigenvalue weighted by molar-refractivity contribution is 5.24. The molecule has 1 N–H and O–H groups in total. The van der Waals surface area contributed by atoms with Crippen LogP contribution in [0, 0.1) is 0 Å².